The number of aromatic nitrogens is 3. The van der Waals surface area contributed by atoms with Gasteiger partial charge >= 0.3 is 6.18 Å². The molecule has 5 aromatic rings. The van der Waals surface area contributed by atoms with E-state index in [0.29, 0.717) is 33.5 Å². The van der Waals surface area contributed by atoms with Gasteiger partial charge in [0.05, 0.1) is 28.8 Å². The molecule has 0 unspecified atom stereocenters. The van der Waals surface area contributed by atoms with Crippen LogP contribution in [0.4, 0.5) is 18.9 Å². The molecule has 0 fully saturated rings. The van der Waals surface area contributed by atoms with Crippen LogP contribution in [0, 0.1) is 13.8 Å². The third kappa shape index (κ3) is 4.21. The highest BCUT2D eigenvalue weighted by Gasteiger charge is 2.32. The van der Waals surface area contributed by atoms with Crippen LogP contribution in [-0.4, -0.2) is 14.8 Å². The maximum Gasteiger partial charge on any atom is 0.433 e. The molecule has 6 nitrogen and oxygen atoms in total. The van der Waals surface area contributed by atoms with Crippen molar-refractivity contribution in [3.05, 3.63) is 87.5 Å². The van der Waals surface area contributed by atoms with Crippen LogP contribution in [0.15, 0.2) is 64.1 Å². The zero-order chi connectivity index (χ0) is 25.8. The minimum atomic E-state index is -4.51. The molecule has 0 amide bonds. The van der Waals surface area contributed by atoms with Crippen molar-refractivity contribution in [2.45, 2.75) is 33.0 Å². The highest BCUT2D eigenvalue weighted by molar-refractivity contribution is 5.87. The fourth-order valence-corrected chi connectivity index (χ4v) is 4.43. The normalized spacial score (nSPS) is 12.9. The van der Waals surface area contributed by atoms with Crippen molar-refractivity contribution in [1.82, 2.24) is 14.8 Å². The smallest absolute Gasteiger partial charge is 0.433 e. The van der Waals surface area contributed by atoms with Crippen molar-refractivity contribution in [3.8, 4) is 11.3 Å². The van der Waals surface area contributed by atoms with Gasteiger partial charge < -0.3 is 9.73 Å². The molecule has 0 aliphatic carbocycles. The molecule has 0 aliphatic rings. The molecule has 2 aromatic carbocycles. The molecule has 0 saturated carbocycles. The Kier molecular flexibility index (Phi) is 5.58. The molecule has 1 atom stereocenters. The van der Waals surface area contributed by atoms with E-state index < -0.39 is 11.9 Å². The van der Waals surface area contributed by atoms with Crippen LogP contribution in [0.2, 0.25) is 0 Å². The number of nitrogens with one attached hydrogen (secondary N) is 1. The van der Waals surface area contributed by atoms with Crippen molar-refractivity contribution < 1.29 is 17.6 Å². The number of hydrogen-bond acceptors (Lipinski definition) is 5. The van der Waals surface area contributed by atoms with Gasteiger partial charge in [0.15, 0.2) is 5.43 Å². The lowest BCUT2D eigenvalue weighted by molar-refractivity contribution is -0.141. The Hall–Kier alpha value is -4.14. The minimum absolute atomic E-state index is 0.133. The first-order chi connectivity index (χ1) is 17.0. The highest BCUT2D eigenvalue weighted by atomic mass is 19.4. The maximum atomic E-state index is 13.4. The summed E-state index contributed by atoms with van der Waals surface area (Å²) in [6, 6.07) is 11.3. The number of alkyl halides is 3. The number of anilines is 1. The number of fused-ring (bicyclic) bond motifs is 2. The summed E-state index contributed by atoms with van der Waals surface area (Å²) in [5.74, 6) is 0.465. The zero-order valence-corrected chi connectivity index (χ0v) is 20.1. The molecule has 0 bridgehead atoms. The SMILES string of the molecule is Cc1cc([C@@H](C)Nc2ccc(C(F)(F)F)nc2)c2oc(-c3ccc4nn(C)cc4c3)c(C)c(=O)c2c1. The van der Waals surface area contributed by atoms with Crippen LogP contribution in [0.25, 0.3) is 33.2 Å². The molecule has 36 heavy (non-hydrogen) atoms. The Morgan fingerprint density at radius 1 is 1.08 bits per heavy atom. The number of aryl methyl sites for hydroxylation is 2. The molecule has 9 heteroatoms. The van der Waals surface area contributed by atoms with Crippen molar-refractivity contribution in [1.29, 1.82) is 0 Å². The lowest BCUT2D eigenvalue weighted by Crippen LogP contribution is -2.13. The first kappa shape index (κ1) is 23.6. The summed E-state index contributed by atoms with van der Waals surface area (Å²) in [4.78, 5) is 16.9. The van der Waals surface area contributed by atoms with Crippen LogP contribution in [0.1, 0.15) is 35.3 Å². The van der Waals surface area contributed by atoms with Gasteiger partial charge in [0.25, 0.3) is 0 Å². The van der Waals surface area contributed by atoms with Gasteiger partial charge in [0.1, 0.15) is 17.0 Å². The third-order valence-electron chi connectivity index (χ3n) is 6.18. The number of benzene rings is 2. The van der Waals surface area contributed by atoms with Gasteiger partial charge in [-0.15, -0.1) is 0 Å². The largest absolute Gasteiger partial charge is 0.455 e. The van der Waals surface area contributed by atoms with Gasteiger partial charge in [-0.05, 0) is 62.7 Å². The monoisotopic (exact) mass is 492 g/mol. The second kappa shape index (κ2) is 8.51. The van der Waals surface area contributed by atoms with Crippen LogP contribution in [0.5, 0.6) is 0 Å². The predicted molar refractivity (Wildman–Crippen MR) is 133 cm³/mol. The van der Waals surface area contributed by atoms with E-state index in [0.717, 1.165) is 34.3 Å². The molecule has 0 spiro atoms. The molecule has 0 saturated heterocycles. The summed E-state index contributed by atoms with van der Waals surface area (Å²) in [5, 5.41) is 8.94. The van der Waals surface area contributed by atoms with E-state index in [9.17, 15) is 18.0 Å². The molecular weight excluding hydrogens is 469 g/mol. The van der Waals surface area contributed by atoms with Gasteiger partial charge in [-0.3, -0.25) is 9.48 Å². The van der Waals surface area contributed by atoms with E-state index in [1.54, 1.807) is 17.7 Å². The van der Waals surface area contributed by atoms with Gasteiger partial charge in [0, 0.05) is 35.3 Å². The number of nitrogens with zero attached hydrogens (tertiary/aromatic N) is 3. The Balaban J connectivity index is 1.60. The van der Waals surface area contributed by atoms with Gasteiger partial charge in [-0.2, -0.15) is 18.3 Å². The Morgan fingerprint density at radius 3 is 2.56 bits per heavy atom. The van der Waals surface area contributed by atoms with Gasteiger partial charge in [-0.25, -0.2) is 4.98 Å². The first-order valence-electron chi connectivity index (χ1n) is 11.3. The fraction of sp³-hybridized carbons (Fsp3) is 0.222. The number of pyridine rings is 1. The van der Waals surface area contributed by atoms with Crippen molar-refractivity contribution in [3.63, 3.8) is 0 Å². The molecule has 0 aliphatic heterocycles. The van der Waals surface area contributed by atoms with E-state index >= 15 is 0 Å². The molecule has 3 heterocycles. The van der Waals surface area contributed by atoms with E-state index in [1.807, 2.05) is 51.4 Å². The fourth-order valence-electron chi connectivity index (χ4n) is 4.43. The van der Waals surface area contributed by atoms with E-state index in [-0.39, 0.29) is 11.5 Å². The number of hydrogen-bond donors (Lipinski definition) is 1. The maximum absolute atomic E-state index is 13.4. The molecule has 3 aromatic heterocycles. The topological polar surface area (TPSA) is 73.0 Å². The Bertz CT molecular complexity index is 1670. The first-order valence-corrected chi connectivity index (χ1v) is 11.3. The summed E-state index contributed by atoms with van der Waals surface area (Å²) in [6.07, 6.45) is -1.47. The lowest BCUT2D eigenvalue weighted by atomic mass is 9.98. The van der Waals surface area contributed by atoms with Crippen LogP contribution in [-0.2, 0) is 13.2 Å². The average molecular weight is 493 g/mol. The van der Waals surface area contributed by atoms with E-state index in [2.05, 4.69) is 15.4 Å². The average Bonchev–Trinajstić information content (AvgIpc) is 3.20. The second-order valence-electron chi connectivity index (χ2n) is 8.99. The van der Waals surface area contributed by atoms with Crippen molar-refractivity contribution >= 4 is 27.6 Å². The standard InChI is InChI=1S/C27H23F3N4O2/c1-14-9-20(16(3)32-19-6-8-23(31-12-19)27(28,29)30)26-21(10-14)24(35)15(2)25(36-26)17-5-7-22-18(11-17)13-34(4)33-22/h5-13,16,32H,1-4H3/t16-/m1/s1. The van der Waals surface area contributed by atoms with Crippen molar-refractivity contribution in [2.24, 2.45) is 7.05 Å². The van der Waals surface area contributed by atoms with E-state index in [1.165, 1.54) is 6.07 Å². The third-order valence-corrected chi connectivity index (χ3v) is 6.18. The Morgan fingerprint density at radius 2 is 1.86 bits per heavy atom. The summed E-state index contributed by atoms with van der Waals surface area (Å²) < 4.78 is 46.7. The summed E-state index contributed by atoms with van der Waals surface area (Å²) in [6.45, 7) is 5.48. The quantitative estimate of drug-likeness (QED) is 0.308. The predicted octanol–water partition coefficient (Wildman–Crippen LogP) is 6.55. The molecule has 184 valence electrons. The summed E-state index contributed by atoms with van der Waals surface area (Å²) in [5.41, 5.74) is 3.42. The summed E-state index contributed by atoms with van der Waals surface area (Å²) in [7, 11) is 1.84. The minimum Gasteiger partial charge on any atom is -0.455 e. The second-order valence-corrected chi connectivity index (χ2v) is 8.99. The van der Waals surface area contributed by atoms with Crippen LogP contribution in [0.3, 0.4) is 0 Å². The van der Waals surface area contributed by atoms with Crippen LogP contribution < -0.4 is 10.7 Å². The zero-order valence-electron chi connectivity index (χ0n) is 20.1. The molecule has 5 rings (SSSR count). The lowest BCUT2D eigenvalue weighted by Gasteiger charge is -2.19. The summed E-state index contributed by atoms with van der Waals surface area (Å²) >= 11 is 0. The molecule has 1 N–H and O–H groups in total. The van der Waals surface area contributed by atoms with Crippen LogP contribution >= 0.6 is 0 Å². The molecule has 0 radical (unpaired) electrons. The highest BCUT2D eigenvalue weighted by Crippen LogP contribution is 2.33. The van der Waals surface area contributed by atoms with E-state index in [4.69, 9.17) is 4.42 Å². The number of rotatable bonds is 4. The Labute approximate surface area is 204 Å². The van der Waals surface area contributed by atoms with Crippen molar-refractivity contribution in [2.75, 3.05) is 5.32 Å². The number of halogens is 3. The van der Waals surface area contributed by atoms with Gasteiger partial charge in [0.2, 0.25) is 0 Å². The van der Waals surface area contributed by atoms with Gasteiger partial charge in [-0.1, -0.05) is 6.07 Å². The molecular formula is C27H23F3N4O2.